The summed E-state index contributed by atoms with van der Waals surface area (Å²) in [6, 6.07) is 0. The Bertz CT molecular complexity index is 296. The van der Waals surface area contributed by atoms with Crippen molar-refractivity contribution in [3.8, 4) is 0 Å². The van der Waals surface area contributed by atoms with Crippen molar-refractivity contribution in [2.45, 2.75) is 18.6 Å². The lowest BCUT2D eigenvalue weighted by Crippen LogP contribution is -2.32. The molecule has 3 unspecified atom stereocenters. The molecule has 1 aliphatic heterocycles. The van der Waals surface area contributed by atoms with Gasteiger partial charge >= 0.3 is 5.97 Å². The zero-order chi connectivity index (χ0) is 10.3. The minimum Gasteiger partial charge on any atom is -0.462 e. The van der Waals surface area contributed by atoms with Crippen LogP contribution in [0.15, 0.2) is 11.1 Å². The molecule has 2 aliphatic rings. The number of rotatable bonds is 1. The van der Waals surface area contributed by atoms with Gasteiger partial charge in [0.2, 0.25) is 0 Å². The third-order valence-corrected chi connectivity index (χ3v) is 2.86. The first kappa shape index (κ1) is 9.64. The van der Waals surface area contributed by atoms with Gasteiger partial charge in [-0.25, -0.2) is 4.79 Å². The average molecular weight is 200 g/mol. The van der Waals surface area contributed by atoms with E-state index in [1.165, 1.54) is 0 Å². The number of fused-ring (bicyclic) bond motifs is 1. The van der Waals surface area contributed by atoms with Crippen LogP contribution in [0.2, 0.25) is 0 Å². The van der Waals surface area contributed by atoms with Crippen molar-refractivity contribution in [1.29, 1.82) is 0 Å². The molecule has 3 N–H and O–H groups in total. The molecular weight excluding hydrogens is 188 g/mol. The summed E-state index contributed by atoms with van der Waals surface area (Å²) >= 11 is 0. The molecule has 0 aromatic carbocycles. The highest BCUT2D eigenvalue weighted by Gasteiger charge is 2.45. The lowest BCUT2D eigenvalue weighted by Gasteiger charge is -2.23. The standard InChI is InChI=1S/C9H12O5/c10-3-5-6-4(7(11)8(5)12)1-2-14-9(6)13/h4,7-8,10-12H,1-3H2. The Morgan fingerprint density at radius 3 is 2.79 bits per heavy atom. The second-order valence-electron chi connectivity index (χ2n) is 3.56. The Labute approximate surface area is 80.6 Å². The van der Waals surface area contributed by atoms with Gasteiger partial charge < -0.3 is 20.1 Å². The van der Waals surface area contributed by atoms with E-state index in [-0.39, 0.29) is 23.7 Å². The monoisotopic (exact) mass is 200 g/mol. The van der Waals surface area contributed by atoms with Gasteiger partial charge in [0.15, 0.2) is 0 Å². The zero-order valence-corrected chi connectivity index (χ0v) is 7.51. The zero-order valence-electron chi connectivity index (χ0n) is 7.51. The summed E-state index contributed by atoms with van der Waals surface area (Å²) in [5.41, 5.74) is 0.464. The number of ether oxygens (including phenoxy) is 1. The molecule has 0 amide bonds. The molecule has 1 aliphatic carbocycles. The molecule has 0 aromatic heterocycles. The van der Waals surface area contributed by atoms with Crippen LogP contribution < -0.4 is 0 Å². The fourth-order valence-electron chi connectivity index (χ4n) is 2.13. The Kier molecular flexibility index (Phi) is 2.30. The smallest absolute Gasteiger partial charge is 0.334 e. The number of aliphatic hydroxyl groups is 3. The van der Waals surface area contributed by atoms with Gasteiger partial charge in [-0.05, 0) is 12.0 Å². The van der Waals surface area contributed by atoms with E-state index in [0.29, 0.717) is 6.42 Å². The summed E-state index contributed by atoms with van der Waals surface area (Å²) in [5, 5.41) is 28.1. The highest BCUT2D eigenvalue weighted by Crippen LogP contribution is 2.37. The van der Waals surface area contributed by atoms with Crippen molar-refractivity contribution in [3.05, 3.63) is 11.1 Å². The molecule has 14 heavy (non-hydrogen) atoms. The van der Waals surface area contributed by atoms with Crippen LogP contribution >= 0.6 is 0 Å². The Hall–Kier alpha value is -0.910. The summed E-state index contributed by atoms with van der Waals surface area (Å²) in [7, 11) is 0. The Morgan fingerprint density at radius 2 is 2.14 bits per heavy atom. The molecule has 0 spiro atoms. The van der Waals surface area contributed by atoms with E-state index in [9.17, 15) is 15.0 Å². The fraction of sp³-hybridized carbons (Fsp3) is 0.667. The molecule has 1 saturated heterocycles. The molecule has 0 bridgehead atoms. The van der Waals surface area contributed by atoms with E-state index in [1.807, 2.05) is 0 Å². The largest absolute Gasteiger partial charge is 0.462 e. The van der Waals surface area contributed by atoms with Crippen LogP contribution in [-0.2, 0) is 9.53 Å². The van der Waals surface area contributed by atoms with Crippen molar-refractivity contribution < 1.29 is 24.9 Å². The number of carbonyl (C=O) groups is 1. The van der Waals surface area contributed by atoms with Crippen LogP contribution in [0.25, 0.3) is 0 Å². The lowest BCUT2D eigenvalue weighted by atomic mass is 9.93. The number of hydrogen-bond donors (Lipinski definition) is 3. The van der Waals surface area contributed by atoms with Crippen LogP contribution in [0.5, 0.6) is 0 Å². The molecule has 2 rings (SSSR count). The first-order valence-corrected chi connectivity index (χ1v) is 4.54. The van der Waals surface area contributed by atoms with Crippen LogP contribution in [0.3, 0.4) is 0 Å². The van der Waals surface area contributed by atoms with Gasteiger partial charge in [0.1, 0.15) is 6.10 Å². The second-order valence-corrected chi connectivity index (χ2v) is 3.56. The minimum atomic E-state index is -1.13. The third kappa shape index (κ3) is 1.17. The highest BCUT2D eigenvalue weighted by molar-refractivity contribution is 5.92. The van der Waals surface area contributed by atoms with Crippen LogP contribution in [-0.4, -0.2) is 46.7 Å². The van der Waals surface area contributed by atoms with Crippen molar-refractivity contribution in [2.75, 3.05) is 13.2 Å². The molecule has 0 radical (unpaired) electrons. The number of cyclic esters (lactones) is 1. The lowest BCUT2D eigenvalue weighted by molar-refractivity contribution is -0.143. The van der Waals surface area contributed by atoms with Gasteiger partial charge in [0.25, 0.3) is 0 Å². The average Bonchev–Trinajstić information content (AvgIpc) is 2.43. The summed E-state index contributed by atoms with van der Waals surface area (Å²) < 4.78 is 4.79. The van der Waals surface area contributed by atoms with Crippen molar-refractivity contribution in [3.63, 3.8) is 0 Å². The van der Waals surface area contributed by atoms with E-state index in [0.717, 1.165) is 0 Å². The van der Waals surface area contributed by atoms with Gasteiger partial charge in [0.05, 0.1) is 19.3 Å². The van der Waals surface area contributed by atoms with E-state index in [2.05, 4.69) is 0 Å². The molecule has 0 saturated carbocycles. The topological polar surface area (TPSA) is 87.0 Å². The highest BCUT2D eigenvalue weighted by atomic mass is 16.5. The number of carbonyl (C=O) groups excluding carboxylic acids is 1. The van der Waals surface area contributed by atoms with Crippen molar-refractivity contribution in [1.82, 2.24) is 0 Å². The van der Waals surface area contributed by atoms with Crippen LogP contribution in [0, 0.1) is 5.92 Å². The molecule has 0 aromatic rings. The normalized spacial score (nSPS) is 37.1. The van der Waals surface area contributed by atoms with Gasteiger partial charge in [-0.3, -0.25) is 0 Å². The van der Waals surface area contributed by atoms with Crippen LogP contribution in [0.4, 0.5) is 0 Å². The molecule has 78 valence electrons. The molecule has 5 nitrogen and oxygen atoms in total. The maximum absolute atomic E-state index is 11.3. The fourth-order valence-corrected chi connectivity index (χ4v) is 2.13. The van der Waals surface area contributed by atoms with E-state index < -0.39 is 24.8 Å². The quantitative estimate of drug-likeness (QED) is 0.452. The number of hydrogen-bond acceptors (Lipinski definition) is 5. The van der Waals surface area contributed by atoms with Gasteiger partial charge in [0, 0.05) is 11.5 Å². The maximum Gasteiger partial charge on any atom is 0.334 e. The number of aliphatic hydroxyl groups excluding tert-OH is 3. The first-order valence-electron chi connectivity index (χ1n) is 4.54. The van der Waals surface area contributed by atoms with Crippen molar-refractivity contribution >= 4 is 5.97 Å². The van der Waals surface area contributed by atoms with E-state index in [4.69, 9.17) is 9.84 Å². The molecule has 1 heterocycles. The molecule has 3 atom stereocenters. The molecule has 1 fully saturated rings. The van der Waals surface area contributed by atoms with Crippen LogP contribution in [0.1, 0.15) is 6.42 Å². The summed E-state index contributed by atoms with van der Waals surface area (Å²) in [5.74, 6) is -0.908. The molecule has 5 heteroatoms. The van der Waals surface area contributed by atoms with Gasteiger partial charge in [-0.2, -0.15) is 0 Å². The summed E-state index contributed by atoms with van der Waals surface area (Å²) in [4.78, 5) is 11.3. The summed E-state index contributed by atoms with van der Waals surface area (Å²) in [6.45, 7) is -0.158. The van der Waals surface area contributed by atoms with Crippen molar-refractivity contribution in [2.24, 2.45) is 5.92 Å². The third-order valence-electron chi connectivity index (χ3n) is 2.86. The molecular formula is C9H12O5. The first-order chi connectivity index (χ1) is 6.66. The SMILES string of the molecule is O=C1OCCC2C1=C(CO)C(O)C2O. The predicted octanol–water partition coefficient (Wildman–Crippen LogP) is -1.43. The Balaban J connectivity index is 2.40. The number of esters is 1. The van der Waals surface area contributed by atoms with E-state index in [1.54, 1.807) is 0 Å². The van der Waals surface area contributed by atoms with Gasteiger partial charge in [-0.15, -0.1) is 0 Å². The van der Waals surface area contributed by atoms with Gasteiger partial charge in [-0.1, -0.05) is 0 Å². The summed E-state index contributed by atoms with van der Waals surface area (Å²) in [6.07, 6.45) is -1.62. The minimum absolute atomic E-state index is 0.201. The second kappa shape index (κ2) is 3.34. The Morgan fingerprint density at radius 1 is 1.43 bits per heavy atom. The van der Waals surface area contributed by atoms with E-state index >= 15 is 0 Å². The predicted molar refractivity (Wildman–Crippen MR) is 45.2 cm³/mol. The maximum atomic E-state index is 11.3.